The summed E-state index contributed by atoms with van der Waals surface area (Å²) in [7, 11) is 0. The van der Waals surface area contributed by atoms with Crippen molar-refractivity contribution in [2.24, 2.45) is 5.92 Å². The van der Waals surface area contributed by atoms with Crippen LogP contribution in [-0.2, 0) is 9.53 Å². The fraction of sp³-hybridized carbons (Fsp3) is 0.765. The summed E-state index contributed by atoms with van der Waals surface area (Å²) in [5.41, 5.74) is 2.32. The minimum atomic E-state index is -5.08. The quantitative estimate of drug-likeness (QED) is 0.348. The number of nitrogens with zero attached hydrogens (tertiary/aromatic N) is 4. The van der Waals surface area contributed by atoms with Gasteiger partial charge in [0.1, 0.15) is 5.60 Å². The Morgan fingerprint density at radius 2 is 1.65 bits per heavy atom. The van der Waals surface area contributed by atoms with Gasteiger partial charge in [-0.1, -0.05) is 39.0 Å². The van der Waals surface area contributed by atoms with Crippen molar-refractivity contribution in [1.82, 2.24) is 19.7 Å². The van der Waals surface area contributed by atoms with Gasteiger partial charge in [0.05, 0.1) is 17.3 Å². The van der Waals surface area contributed by atoms with Crippen molar-refractivity contribution in [2.45, 2.75) is 128 Å². The first kappa shape index (κ1) is 36.0. The summed E-state index contributed by atoms with van der Waals surface area (Å²) >= 11 is 0. The van der Waals surface area contributed by atoms with Gasteiger partial charge in [0.15, 0.2) is 0 Å². The molecule has 5 rings (SSSR count). The molecule has 258 valence electrons. The number of aryl methyl sites for hydroxylation is 2. The van der Waals surface area contributed by atoms with E-state index >= 15 is 0 Å². The molecule has 4 heterocycles. The molecule has 46 heavy (non-hydrogen) atoms. The highest BCUT2D eigenvalue weighted by molar-refractivity contribution is 5.96. The molecule has 1 saturated carbocycles. The lowest BCUT2D eigenvalue weighted by Gasteiger charge is -2.51. The molecule has 1 N–H and O–H groups in total. The zero-order chi connectivity index (χ0) is 33.7. The SMILES string of the molecule is CCCCC1N(CC2CCCCC2)C(=O)OC12CCN(C1(C)CCN(C(=O)c3c(C)ccnc3C)CC1)CC2.O=C(O)C(F)(F)F. The van der Waals surface area contributed by atoms with Crippen LogP contribution in [0.5, 0.6) is 0 Å². The van der Waals surface area contributed by atoms with Gasteiger partial charge in [0.25, 0.3) is 5.91 Å². The Labute approximate surface area is 270 Å². The number of likely N-dealkylation sites (tertiary alicyclic amines) is 2. The number of carbonyl (C=O) groups is 3. The molecule has 1 aromatic heterocycles. The van der Waals surface area contributed by atoms with Crippen LogP contribution in [0.4, 0.5) is 18.0 Å². The normalized spacial score (nSPS) is 23.5. The van der Waals surface area contributed by atoms with Crippen LogP contribution in [0.1, 0.15) is 113 Å². The van der Waals surface area contributed by atoms with Crippen LogP contribution in [0.2, 0.25) is 0 Å². The van der Waals surface area contributed by atoms with Crippen molar-refractivity contribution < 1.29 is 37.4 Å². The largest absolute Gasteiger partial charge is 0.490 e. The molecule has 9 nitrogen and oxygen atoms in total. The molecule has 0 bridgehead atoms. The lowest BCUT2D eigenvalue weighted by atomic mass is 9.78. The summed E-state index contributed by atoms with van der Waals surface area (Å²) < 4.78 is 38.1. The Kier molecular flexibility index (Phi) is 11.6. The number of halogens is 3. The highest BCUT2D eigenvalue weighted by atomic mass is 19.4. The number of carbonyl (C=O) groups excluding carboxylic acids is 2. The molecule has 1 aliphatic carbocycles. The number of aromatic nitrogens is 1. The molecule has 12 heteroatoms. The second kappa shape index (κ2) is 14.9. The maximum atomic E-state index is 13.3. The molecular weight excluding hydrogens is 601 g/mol. The monoisotopic (exact) mass is 652 g/mol. The topological polar surface area (TPSA) is 103 Å². The molecule has 0 aromatic carbocycles. The number of aliphatic carboxylic acids is 1. The van der Waals surface area contributed by atoms with E-state index in [0.29, 0.717) is 5.92 Å². The van der Waals surface area contributed by atoms with Gasteiger partial charge in [-0.3, -0.25) is 14.7 Å². The van der Waals surface area contributed by atoms with E-state index in [0.717, 1.165) is 94.5 Å². The Hall–Kier alpha value is -2.89. The lowest BCUT2D eigenvalue weighted by molar-refractivity contribution is -0.192. The van der Waals surface area contributed by atoms with E-state index in [9.17, 15) is 22.8 Å². The second-order valence-corrected chi connectivity index (χ2v) is 13.9. The zero-order valence-corrected chi connectivity index (χ0v) is 27.8. The molecule has 3 aliphatic heterocycles. The minimum Gasteiger partial charge on any atom is -0.475 e. The molecule has 4 aliphatic rings. The van der Waals surface area contributed by atoms with E-state index in [4.69, 9.17) is 14.6 Å². The van der Waals surface area contributed by atoms with Gasteiger partial charge in [-0.2, -0.15) is 13.2 Å². The van der Waals surface area contributed by atoms with Crippen LogP contribution in [0.15, 0.2) is 12.3 Å². The number of pyridine rings is 1. The van der Waals surface area contributed by atoms with Crippen molar-refractivity contribution in [3.63, 3.8) is 0 Å². The van der Waals surface area contributed by atoms with E-state index in [1.165, 1.54) is 32.1 Å². The highest BCUT2D eigenvalue weighted by Gasteiger charge is 2.56. The van der Waals surface area contributed by atoms with Crippen molar-refractivity contribution in [2.75, 3.05) is 32.7 Å². The minimum absolute atomic E-state index is 0.0610. The van der Waals surface area contributed by atoms with Crippen LogP contribution in [0, 0.1) is 19.8 Å². The standard InChI is InChI=1S/C32H50N4O3.C2HF3O2/c1-5-6-12-27-32(39-30(38)36(27)23-26-10-8-7-9-11-26)16-21-35(22-17-32)31(4)14-19-34(20-15-31)29(37)28-24(2)13-18-33-25(28)3;3-2(4,5)1(6)7/h13,18,26-27H,5-12,14-17,19-23H2,1-4H3;(H,6,7). The molecule has 1 spiro atoms. The molecule has 4 fully saturated rings. The van der Waals surface area contributed by atoms with Gasteiger partial charge < -0.3 is 19.6 Å². The first-order valence-corrected chi connectivity index (χ1v) is 17.0. The Morgan fingerprint density at radius 3 is 2.20 bits per heavy atom. The van der Waals surface area contributed by atoms with E-state index in [2.05, 4.69) is 28.6 Å². The molecule has 1 aromatic rings. The molecule has 2 amide bonds. The maximum Gasteiger partial charge on any atom is 0.490 e. The highest BCUT2D eigenvalue weighted by Crippen LogP contribution is 2.44. The Balaban J connectivity index is 0.000000617. The number of ether oxygens (including phenoxy) is 1. The van der Waals surface area contributed by atoms with Crippen LogP contribution in [0.3, 0.4) is 0 Å². The number of hydrogen-bond donors (Lipinski definition) is 1. The maximum absolute atomic E-state index is 13.3. The predicted molar refractivity (Wildman–Crippen MR) is 168 cm³/mol. The average molecular weight is 653 g/mol. The summed E-state index contributed by atoms with van der Waals surface area (Å²) in [5, 5.41) is 7.12. The van der Waals surface area contributed by atoms with Gasteiger partial charge >= 0.3 is 18.2 Å². The van der Waals surface area contributed by atoms with Crippen LogP contribution in [0.25, 0.3) is 0 Å². The van der Waals surface area contributed by atoms with Gasteiger partial charge in [0.2, 0.25) is 0 Å². The van der Waals surface area contributed by atoms with E-state index in [1.807, 2.05) is 24.8 Å². The van der Waals surface area contributed by atoms with Crippen molar-refractivity contribution in [3.8, 4) is 0 Å². The summed E-state index contributed by atoms with van der Waals surface area (Å²) in [5.74, 6) is -2.00. The van der Waals surface area contributed by atoms with Gasteiger partial charge in [-0.15, -0.1) is 0 Å². The number of unbranched alkanes of at least 4 members (excludes halogenated alkanes) is 1. The number of hydrogen-bond acceptors (Lipinski definition) is 6. The number of carboxylic acids is 1. The first-order chi connectivity index (χ1) is 21.7. The van der Waals surface area contributed by atoms with E-state index in [-0.39, 0.29) is 29.2 Å². The Bertz CT molecular complexity index is 1200. The molecule has 1 atom stereocenters. The smallest absolute Gasteiger partial charge is 0.475 e. The summed E-state index contributed by atoms with van der Waals surface area (Å²) in [6, 6.07) is 2.14. The fourth-order valence-electron chi connectivity index (χ4n) is 7.92. The third-order valence-corrected chi connectivity index (χ3v) is 10.8. The van der Waals surface area contributed by atoms with Crippen molar-refractivity contribution in [3.05, 3.63) is 29.1 Å². The molecule has 3 saturated heterocycles. The molecule has 0 radical (unpaired) electrons. The van der Waals surface area contributed by atoms with Crippen LogP contribution >= 0.6 is 0 Å². The van der Waals surface area contributed by atoms with Crippen molar-refractivity contribution in [1.29, 1.82) is 0 Å². The van der Waals surface area contributed by atoms with Crippen LogP contribution < -0.4 is 0 Å². The summed E-state index contributed by atoms with van der Waals surface area (Å²) in [6.07, 6.45) is 10.2. The number of rotatable bonds is 7. The first-order valence-electron chi connectivity index (χ1n) is 17.0. The lowest BCUT2D eigenvalue weighted by Crippen LogP contribution is -2.60. The number of alkyl halides is 3. The van der Waals surface area contributed by atoms with E-state index in [1.54, 1.807) is 6.20 Å². The predicted octanol–water partition coefficient (Wildman–Crippen LogP) is 6.75. The van der Waals surface area contributed by atoms with Gasteiger partial charge in [-0.25, -0.2) is 9.59 Å². The average Bonchev–Trinajstić information content (AvgIpc) is 3.25. The third-order valence-electron chi connectivity index (χ3n) is 10.8. The fourth-order valence-corrected chi connectivity index (χ4v) is 7.92. The number of piperidine rings is 2. The number of carboxylic acid groups (broad SMARTS) is 1. The van der Waals surface area contributed by atoms with Gasteiger partial charge in [-0.05, 0) is 70.4 Å². The summed E-state index contributed by atoms with van der Waals surface area (Å²) in [4.78, 5) is 46.7. The third kappa shape index (κ3) is 8.15. The van der Waals surface area contributed by atoms with Crippen molar-refractivity contribution >= 4 is 18.0 Å². The van der Waals surface area contributed by atoms with Gasteiger partial charge in [0, 0.05) is 57.3 Å². The molecule has 1 unspecified atom stereocenters. The Morgan fingerprint density at radius 1 is 1.04 bits per heavy atom. The van der Waals surface area contributed by atoms with Crippen LogP contribution in [-0.4, -0.2) is 98.8 Å². The number of amides is 2. The summed E-state index contributed by atoms with van der Waals surface area (Å²) in [6.45, 7) is 12.9. The molecular formula is C34H51F3N4O5. The second-order valence-electron chi connectivity index (χ2n) is 13.9. The van der Waals surface area contributed by atoms with E-state index < -0.39 is 12.1 Å². The zero-order valence-electron chi connectivity index (χ0n) is 27.8.